The SMILES string of the molecule is CCCCn1cnc2c(NCn3nnc4ccccc43)ncnc21. The van der Waals surface area contributed by atoms with E-state index in [1.165, 1.54) is 0 Å². The maximum atomic E-state index is 4.46. The zero-order chi connectivity index (χ0) is 16.4. The lowest BCUT2D eigenvalue weighted by molar-refractivity contribution is 0.641. The Hall–Kier alpha value is -3.03. The number of anilines is 1. The summed E-state index contributed by atoms with van der Waals surface area (Å²) in [5.74, 6) is 0.704. The van der Waals surface area contributed by atoms with Gasteiger partial charge in [-0.15, -0.1) is 5.10 Å². The molecule has 8 nitrogen and oxygen atoms in total. The van der Waals surface area contributed by atoms with Crippen LogP contribution in [0.1, 0.15) is 19.8 Å². The first-order valence-corrected chi connectivity index (χ1v) is 8.04. The van der Waals surface area contributed by atoms with Gasteiger partial charge in [-0.2, -0.15) is 0 Å². The number of fused-ring (bicyclic) bond motifs is 2. The van der Waals surface area contributed by atoms with Gasteiger partial charge in [0.1, 0.15) is 24.0 Å². The Morgan fingerprint density at radius 1 is 1.12 bits per heavy atom. The topological polar surface area (TPSA) is 86.3 Å². The van der Waals surface area contributed by atoms with E-state index in [4.69, 9.17) is 0 Å². The summed E-state index contributed by atoms with van der Waals surface area (Å²) in [6, 6.07) is 7.86. The van der Waals surface area contributed by atoms with Crippen LogP contribution in [0.4, 0.5) is 5.82 Å². The predicted octanol–water partition coefficient (Wildman–Crippen LogP) is 2.44. The fourth-order valence-corrected chi connectivity index (χ4v) is 2.69. The molecule has 1 aromatic carbocycles. The molecular formula is C16H18N8. The van der Waals surface area contributed by atoms with Crippen LogP contribution in [0.25, 0.3) is 22.2 Å². The first kappa shape index (κ1) is 14.6. The normalized spacial score (nSPS) is 11.4. The summed E-state index contributed by atoms with van der Waals surface area (Å²) >= 11 is 0. The quantitative estimate of drug-likeness (QED) is 0.587. The Morgan fingerprint density at radius 3 is 2.96 bits per heavy atom. The minimum atomic E-state index is 0.467. The monoisotopic (exact) mass is 322 g/mol. The van der Waals surface area contributed by atoms with E-state index < -0.39 is 0 Å². The lowest BCUT2D eigenvalue weighted by Crippen LogP contribution is -2.11. The Kier molecular flexibility index (Phi) is 3.78. The molecule has 0 unspecified atom stereocenters. The molecule has 0 aliphatic carbocycles. The van der Waals surface area contributed by atoms with Gasteiger partial charge in [0.05, 0.1) is 11.8 Å². The Morgan fingerprint density at radius 2 is 2.04 bits per heavy atom. The van der Waals surface area contributed by atoms with E-state index in [9.17, 15) is 0 Å². The molecule has 0 bridgehead atoms. The van der Waals surface area contributed by atoms with Crippen molar-refractivity contribution in [3.63, 3.8) is 0 Å². The van der Waals surface area contributed by atoms with Crippen molar-refractivity contribution >= 4 is 28.0 Å². The first-order chi connectivity index (χ1) is 11.9. The zero-order valence-electron chi connectivity index (χ0n) is 13.4. The smallest absolute Gasteiger partial charge is 0.165 e. The molecule has 122 valence electrons. The molecule has 4 aromatic rings. The van der Waals surface area contributed by atoms with E-state index in [-0.39, 0.29) is 0 Å². The number of para-hydroxylation sites is 1. The molecule has 4 rings (SSSR count). The summed E-state index contributed by atoms with van der Waals surface area (Å²) in [5.41, 5.74) is 3.47. The van der Waals surface area contributed by atoms with Crippen LogP contribution in [-0.4, -0.2) is 34.5 Å². The van der Waals surface area contributed by atoms with Gasteiger partial charge < -0.3 is 9.88 Å². The number of nitrogens with one attached hydrogen (secondary N) is 1. The highest BCUT2D eigenvalue weighted by atomic mass is 15.5. The highest BCUT2D eigenvalue weighted by molar-refractivity contribution is 5.82. The molecule has 0 saturated heterocycles. The molecule has 0 saturated carbocycles. The molecular weight excluding hydrogens is 304 g/mol. The van der Waals surface area contributed by atoms with Crippen molar-refractivity contribution in [1.82, 2.24) is 34.5 Å². The van der Waals surface area contributed by atoms with Gasteiger partial charge in [0.15, 0.2) is 11.5 Å². The number of hydrogen-bond acceptors (Lipinski definition) is 6. The molecule has 3 heterocycles. The lowest BCUT2D eigenvalue weighted by atomic mass is 10.3. The summed E-state index contributed by atoms with van der Waals surface area (Å²) in [6.45, 7) is 3.55. The second-order valence-electron chi connectivity index (χ2n) is 5.60. The average Bonchev–Trinajstić information content (AvgIpc) is 3.22. The average molecular weight is 322 g/mol. The van der Waals surface area contributed by atoms with E-state index in [1.54, 1.807) is 11.0 Å². The summed E-state index contributed by atoms with van der Waals surface area (Å²) in [5, 5.41) is 11.6. The lowest BCUT2D eigenvalue weighted by Gasteiger charge is -2.07. The summed E-state index contributed by atoms with van der Waals surface area (Å²) in [6.07, 6.45) is 5.62. The third-order valence-electron chi connectivity index (χ3n) is 3.97. The molecule has 0 radical (unpaired) electrons. The molecule has 24 heavy (non-hydrogen) atoms. The fraction of sp³-hybridized carbons (Fsp3) is 0.312. The van der Waals surface area contributed by atoms with Crippen LogP contribution >= 0.6 is 0 Å². The number of nitrogens with zero attached hydrogens (tertiary/aromatic N) is 7. The van der Waals surface area contributed by atoms with Crippen molar-refractivity contribution in [1.29, 1.82) is 0 Å². The highest BCUT2D eigenvalue weighted by Crippen LogP contribution is 2.18. The second kappa shape index (κ2) is 6.23. The Bertz CT molecular complexity index is 970. The summed E-state index contributed by atoms with van der Waals surface area (Å²) in [4.78, 5) is 13.1. The first-order valence-electron chi connectivity index (χ1n) is 8.04. The number of benzene rings is 1. The summed E-state index contributed by atoms with van der Waals surface area (Å²) < 4.78 is 3.87. The minimum absolute atomic E-state index is 0.467. The number of rotatable bonds is 6. The van der Waals surface area contributed by atoms with Gasteiger partial charge in [-0.05, 0) is 18.6 Å². The van der Waals surface area contributed by atoms with E-state index in [2.05, 4.69) is 42.1 Å². The molecule has 0 spiro atoms. The number of aromatic nitrogens is 7. The molecule has 0 atom stereocenters. The largest absolute Gasteiger partial charge is 0.349 e. The van der Waals surface area contributed by atoms with Crippen LogP contribution in [0.2, 0.25) is 0 Å². The van der Waals surface area contributed by atoms with Gasteiger partial charge in [-0.3, -0.25) is 0 Å². The van der Waals surface area contributed by atoms with Crippen LogP contribution in [0, 0.1) is 0 Å². The van der Waals surface area contributed by atoms with Gasteiger partial charge in [-0.1, -0.05) is 30.7 Å². The third kappa shape index (κ3) is 2.55. The standard InChI is InChI=1S/C16H18N8/c1-2-3-8-23-10-19-14-15(17-9-18-16(14)23)20-11-24-13-7-5-4-6-12(13)21-22-24/h4-7,9-10H,2-3,8,11H2,1H3,(H,17,18,20). The molecule has 8 heteroatoms. The Balaban J connectivity index is 1.59. The molecule has 0 aliphatic heterocycles. The molecule has 0 fully saturated rings. The second-order valence-corrected chi connectivity index (χ2v) is 5.60. The van der Waals surface area contributed by atoms with Gasteiger partial charge in [0, 0.05) is 6.54 Å². The van der Waals surface area contributed by atoms with Crippen molar-refractivity contribution in [3.05, 3.63) is 36.9 Å². The highest BCUT2D eigenvalue weighted by Gasteiger charge is 2.10. The van der Waals surface area contributed by atoms with Crippen molar-refractivity contribution in [2.75, 3.05) is 5.32 Å². The van der Waals surface area contributed by atoms with Crippen molar-refractivity contribution in [3.8, 4) is 0 Å². The van der Waals surface area contributed by atoms with Crippen molar-refractivity contribution in [2.45, 2.75) is 33.0 Å². The number of hydrogen-bond donors (Lipinski definition) is 1. The fourth-order valence-electron chi connectivity index (χ4n) is 2.69. The number of imidazole rings is 1. The number of unbranched alkanes of at least 4 members (excludes halogenated alkanes) is 1. The maximum absolute atomic E-state index is 4.46. The molecule has 0 amide bonds. The molecule has 0 aliphatic rings. The number of aryl methyl sites for hydroxylation is 1. The van der Waals surface area contributed by atoms with Crippen LogP contribution in [0.3, 0.4) is 0 Å². The van der Waals surface area contributed by atoms with E-state index in [0.29, 0.717) is 12.5 Å². The minimum Gasteiger partial charge on any atom is -0.349 e. The van der Waals surface area contributed by atoms with E-state index in [0.717, 1.165) is 41.6 Å². The van der Waals surface area contributed by atoms with Gasteiger partial charge in [0.2, 0.25) is 0 Å². The van der Waals surface area contributed by atoms with Crippen molar-refractivity contribution in [2.24, 2.45) is 0 Å². The van der Waals surface area contributed by atoms with Crippen LogP contribution < -0.4 is 5.32 Å². The van der Waals surface area contributed by atoms with E-state index >= 15 is 0 Å². The van der Waals surface area contributed by atoms with E-state index in [1.807, 2.05) is 30.6 Å². The zero-order valence-corrected chi connectivity index (χ0v) is 13.4. The van der Waals surface area contributed by atoms with Crippen molar-refractivity contribution < 1.29 is 0 Å². The third-order valence-corrected chi connectivity index (χ3v) is 3.97. The summed E-state index contributed by atoms with van der Waals surface area (Å²) in [7, 11) is 0. The van der Waals surface area contributed by atoms with Gasteiger partial charge in [0.25, 0.3) is 0 Å². The van der Waals surface area contributed by atoms with Gasteiger partial charge >= 0.3 is 0 Å². The van der Waals surface area contributed by atoms with Crippen LogP contribution in [0.5, 0.6) is 0 Å². The predicted molar refractivity (Wildman–Crippen MR) is 91.4 cm³/mol. The van der Waals surface area contributed by atoms with Gasteiger partial charge in [-0.25, -0.2) is 19.6 Å². The van der Waals surface area contributed by atoms with Crippen LogP contribution in [0.15, 0.2) is 36.9 Å². The van der Waals surface area contributed by atoms with Crippen LogP contribution in [-0.2, 0) is 13.2 Å². The molecule has 3 aromatic heterocycles. The molecule has 1 N–H and O–H groups in total. The maximum Gasteiger partial charge on any atom is 0.165 e. The Labute approximate surface area is 138 Å².